The van der Waals surface area contributed by atoms with Crippen molar-refractivity contribution in [1.29, 1.82) is 0 Å². The zero-order chi connectivity index (χ0) is 51.6. The van der Waals surface area contributed by atoms with Gasteiger partial charge in [0.15, 0.2) is 0 Å². The Morgan fingerprint density at radius 2 is 1.01 bits per heavy atom. The molecule has 0 aliphatic rings. The molecule has 3 aromatic heterocycles. The number of hydrogen-bond donors (Lipinski definition) is 1. The predicted molar refractivity (Wildman–Crippen MR) is 290 cm³/mol. The number of rotatable bonds is 24. The summed E-state index contributed by atoms with van der Waals surface area (Å²) in [5.41, 5.74) is 14.1. The van der Waals surface area contributed by atoms with Crippen molar-refractivity contribution in [3.63, 3.8) is 0 Å². The number of aromatic nitrogens is 3. The van der Waals surface area contributed by atoms with Crippen LogP contribution in [0, 0.1) is 0 Å². The first-order chi connectivity index (χ1) is 34.5. The normalized spacial score (nSPS) is 12.4. The monoisotopic (exact) mass is 979 g/mol. The molecule has 15 heteroatoms. The van der Waals surface area contributed by atoms with Crippen molar-refractivity contribution in [2.24, 2.45) is 5.73 Å². The molecule has 0 fully saturated rings. The van der Waals surface area contributed by atoms with Gasteiger partial charge >= 0.3 is 0 Å². The second-order valence-electron chi connectivity index (χ2n) is 20.1. The number of carbonyl (C=O) groups is 4. The first-order valence-electron chi connectivity index (χ1n) is 24.9. The van der Waals surface area contributed by atoms with Crippen LogP contribution in [0.15, 0.2) is 110 Å². The minimum Gasteiger partial charge on any atom is -0.497 e. The Hall–Kier alpha value is -6.46. The van der Waals surface area contributed by atoms with E-state index in [4.69, 9.17) is 10.5 Å². The van der Waals surface area contributed by atoms with Crippen LogP contribution in [0.3, 0.4) is 0 Å². The van der Waals surface area contributed by atoms with E-state index in [2.05, 4.69) is 52.9 Å². The molecule has 15 nitrogen and oxygen atoms in total. The molecule has 1 atom stereocenters. The fraction of sp³-hybridized carbons (Fsp3) is 0.404. The van der Waals surface area contributed by atoms with Gasteiger partial charge in [0.2, 0.25) is 17.7 Å². The van der Waals surface area contributed by atoms with Crippen molar-refractivity contribution >= 4 is 56.3 Å². The van der Waals surface area contributed by atoms with Crippen molar-refractivity contribution in [2.75, 3.05) is 116 Å². The molecular weight excluding hydrogens is 905 g/mol. The van der Waals surface area contributed by atoms with E-state index in [0.717, 1.165) is 113 Å². The highest BCUT2D eigenvalue weighted by Gasteiger charge is 2.24. The second-order valence-corrected chi connectivity index (χ2v) is 20.1. The first kappa shape index (κ1) is 53.3. The van der Waals surface area contributed by atoms with Crippen LogP contribution in [0.25, 0.3) is 32.7 Å². The van der Waals surface area contributed by atoms with Crippen LogP contribution < -0.4 is 10.5 Å². The maximum absolute atomic E-state index is 14.2. The molecule has 0 bridgehead atoms. The molecule has 0 aliphatic carbocycles. The highest BCUT2D eigenvalue weighted by atomic mass is 16.5. The van der Waals surface area contributed by atoms with E-state index in [1.54, 1.807) is 23.3 Å². The largest absolute Gasteiger partial charge is 0.497 e. The van der Waals surface area contributed by atoms with Crippen LogP contribution in [0.4, 0.5) is 0 Å². The van der Waals surface area contributed by atoms with E-state index in [9.17, 15) is 19.2 Å². The van der Waals surface area contributed by atoms with E-state index in [-0.39, 0.29) is 36.7 Å². The van der Waals surface area contributed by atoms with Gasteiger partial charge in [-0.05, 0) is 139 Å². The topological polar surface area (TPSA) is 138 Å². The number of fused-ring (bicyclic) bond motifs is 3. The number of ether oxygens (including phenoxy) is 1. The van der Waals surface area contributed by atoms with Crippen molar-refractivity contribution < 1.29 is 23.9 Å². The SMILES string of the molecule is COc1ccc2c(c1)c(CCN(C)CCN(C)CC(=O)n1cc(CCN(C)C)c3ccccc31)cn2C(=O)CN(C)Cc1ccc2c(c1)c(CCN(C)C)cn2C(=O)CN(C)C(=O)[C@@H](N)Cc1ccccc1. The van der Waals surface area contributed by atoms with Gasteiger partial charge in [0.25, 0.3) is 5.91 Å². The number of para-hydroxylation sites is 1. The summed E-state index contributed by atoms with van der Waals surface area (Å²) in [6.07, 6.45) is 8.59. The molecule has 0 spiro atoms. The lowest BCUT2D eigenvalue weighted by molar-refractivity contribution is -0.130. The molecule has 0 radical (unpaired) electrons. The fourth-order valence-electron chi connectivity index (χ4n) is 9.42. The summed E-state index contributed by atoms with van der Waals surface area (Å²) < 4.78 is 10.9. The van der Waals surface area contributed by atoms with Gasteiger partial charge in [0.1, 0.15) is 12.3 Å². The molecule has 7 rings (SSSR count). The minimum atomic E-state index is -0.762. The van der Waals surface area contributed by atoms with Crippen LogP contribution >= 0.6 is 0 Å². The Balaban J connectivity index is 0.974. The maximum atomic E-state index is 14.2. The second kappa shape index (κ2) is 24.3. The van der Waals surface area contributed by atoms with Crippen molar-refractivity contribution in [1.82, 2.24) is 43.1 Å². The lowest BCUT2D eigenvalue weighted by Crippen LogP contribution is -2.45. The molecule has 0 aliphatic heterocycles. The van der Waals surface area contributed by atoms with Crippen molar-refractivity contribution in [2.45, 2.75) is 38.3 Å². The van der Waals surface area contributed by atoms with Gasteiger partial charge < -0.3 is 30.1 Å². The summed E-state index contributed by atoms with van der Waals surface area (Å²) in [5, 5.41) is 3.07. The average Bonchev–Trinajstić information content (AvgIpc) is 4.05. The molecule has 0 saturated heterocycles. The highest BCUT2D eigenvalue weighted by Crippen LogP contribution is 2.28. The van der Waals surface area contributed by atoms with Crippen LogP contribution in [0.5, 0.6) is 5.75 Å². The van der Waals surface area contributed by atoms with Gasteiger partial charge in [0, 0.05) is 81.1 Å². The van der Waals surface area contributed by atoms with E-state index in [0.29, 0.717) is 19.5 Å². The molecule has 4 aromatic carbocycles. The number of hydrogen-bond acceptors (Lipinski definition) is 11. The van der Waals surface area contributed by atoms with E-state index < -0.39 is 6.04 Å². The Morgan fingerprint density at radius 3 is 1.62 bits per heavy atom. The summed E-state index contributed by atoms with van der Waals surface area (Å²) in [6.45, 7) is 4.82. The molecule has 3 heterocycles. The van der Waals surface area contributed by atoms with Crippen LogP contribution in [-0.2, 0) is 37.0 Å². The Kier molecular flexibility index (Phi) is 18.0. The third-order valence-corrected chi connectivity index (χ3v) is 13.6. The van der Waals surface area contributed by atoms with Crippen LogP contribution in [-0.4, -0.2) is 189 Å². The number of methoxy groups -OCH3 is 1. The van der Waals surface area contributed by atoms with Gasteiger partial charge in [-0.3, -0.25) is 42.7 Å². The Bertz CT molecular complexity index is 2990. The summed E-state index contributed by atoms with van der Waals surface area (Å²) in [5.74, 6) is 0.216. The quantitative estimate of drug-likeness (QED) is 0.0769. The number of carbonyl (C=O) groups excluding carboxylic acids is 4. The smallest absolute Gasteiger partial charge is 0.250 e. The fourth-order valence-corrected chi connectivity index (χ4v) is 9.42. The molecule has 7 aromatic rings. The molecule has 72 heavy (non-hydrogen) atoms. The lowest BCUT2D eigenvalue weighted by atomic mass is 10.1. The summed E-state index contributed by atoms with van der Waals surface area (Å²) in [4.78, 5) is 67.0. The van der Waals surface area contributed by atoms with Crippen LogP contribution in [0.2, 0.25) is 0 Å². The Morgan fingerprint density at radius 1 is 0.514 bits per heavy atom. The van der Waals surface area contributed by atoms with Crippen LogP contribution in [0.1, 0.15) is 42.2 Å². The summed E-state index contributed by atoms with van der Waals surface area (Å²) in [7, 11) is 17.5. The Labute approximate surface area is 424 Å². The summed E-state index contributed by atoms with van der Waals surface area (Å²) >= 11 is 0. The summed E-state index contributed by atoms with van der Waals surface area (Å²) in [6, 6.07) is 28.9. The molecule has 0 unspecified atom stereocenters. The van der Waals surface area contributed by atoms with E-state index in [1.807, 2.05) is 135 Å². The third kappa shape index (κ3) is 13.3. The number of benzene rings is 4. The maximum Gasteiger partial charge on any atom is 0.250 e. The van der Waals surface area contributed by atoms with Gasteiger partial charge in [-0.1, -0.05) is 54.6 Å². The highest BCUT2D eigenvalue weighted by molar-refractivity contribution is 5.98. The number of nitrogens with two attached hydrogens (primary N) is 1. The zero-order valence-corrected chi connectivity index (χ0v) is 43.8. The van der Waals surface area contributed by atoms with Gasteiger partial charge in [-0.2, -0.15) is 0 Å². The number of likely N-dealkylation sites (N-methyl/N-ethyl adjacent to an activating group) is 6. The number of amides is 1. The predicted octanol–water partition coefficient (Wildman–Crippen LogP) is 5.95. The molecule has 0 saturated carbocycles. The van der Waals surface area contributed by atoms with E-state index in [1.165, 1.54) is 10.5 Å². The molecule has 1 amide bonds. The van der Waals surface area contributed by atoms with Gasteiger partial charge in [0.05, 0.1) is 42.8 Å². The average molecular weight is 979 g/mol. The van der Waals surface area contributed by atoms with Gasteiger partial charge in [-0.25, -0.2) is 0 Å². The van der Waals surface area contributed by atoms with Crippen molar-refractivity contribution in [3.8, 4) is 5.75 Å². The lowest BCUT2D eigenvalue weighted by Gasteiger charge is -2.21. The molecular formula is C57H74N10O5. The number of nitrogens with zero attached hydrogens (tertiary/aromatic N) is 9. The zero-order valence-electron chi connectivity index (χ0n) is 43.8. The van der Waals surface area contributed by atoms with E-state index >= 15 is 0 Å². The van der Waals surface area contributed by atoms with Gasteiger partial charge in [-0.15, -0.1) is 0 Å². The molecule has 382 valence electrons. The third-order valence-electron chi connectivity index (χ3n) is 13.6. The minimum absolute atomic E-state index is 0.0505. The first-order valence-corrected chi connectivity index (χ1v) is 24.9. The van der Waals surface area contributed by atoms with Crippen molar-refractivity contribution in [3.05, 3.63) is 137 Å². The molecule has 2 N–H and O–H groups in total. The standard InChI is InChI=1S/C57H74N10O5/c1-59(2)26-23-43-35-65(51-18-14-13-17-47(43)51)54(68)38-62(6)30-29-61(5)28-25-45-37-66(53-22-20-46(72-9)33-49(45)53)55(69)39-63(7)34-42-19-21-52-48(31-42)44(24-27-60(3)4)36-67(52)56(70)40-64(8)57(71)50(58)32-41-15-11-10-12-16-41/h10-22,31,33,35-37,50H,23-30,32,34,38-40,58H2,1-9H3/t50-/m0/s1.